The van der Waals surface area contributed by atoms with E-state index in [2.05, 4.69) is 36.2 Å². The number of hydrogen-bond donors (Lipinski definition) is 7. The number of unbranched alkanes of at least 4 members (excludes halogenated alkanes) is 1. The maximum Gasteiger partial charge on any atom is 0.345 e. The molecular formula is C23H29N7O5S. The van der Waals surface area contributed by atoms with Gasteiger partial charge in [0.25, 0.3) is 5.91 Å². The summed E-state index contributed by atoms with van der Waals surface area (Å²) in [5, 5.41) is 29.8. The van der Waals surface area contributed by atoms with Crippen LogP contribution in [0.1, 0.15) is 29.6 Å². The summed E-state index contributed by atoms with van der Waals surface area (Å²) >= 11 is 0. The van der Waals surface area contributed by atoms with Crippen molar-refractivity contribution in [3.63, 3.8) is 0 Å². The number of benzene rings is 2. The van der Waals surface area contributed by atoms with E-state index in [1.54, 1.807) is 18.3 Å². The lowest BCUT2D eigenvalue weighted by molar-refractivity contribution is -0.145. The van der Waals surface area contributed by atoms with Crippen molar-refractivity contribution in [3.05, 3.63) is 60.3 Å². The number of nitrogens with zero attached hydrogens (tertiary/aromatic N) is 1. The van der Waals surface area contributed by atoms with Gasteiger partial charge in [0, 0.05) is 24.0 Å². The van der Waals surface area contributed by atoms with Crippen molar-refractivity contribution < 1.29 is 23.1 Å². The largest absolute Gasteiger partial charge is 0.478 e. The molecule has 3 aromatic rings. The van der Waals surface area contributed by atoms with Crippen LogP contribution in [0.5, 0.6) is 0 Å². The molecule has 1 aliphatic heterocycles. The van der Waals surface area contributed by atoms with E-state index in [-0.39, 0.29) is 23.2 Å². The normalized spacial score (nSPS) is 16.1. The number of rotatable bonds is 12. The molecule has 7 N–H and O–H groups in total. The number of fused-ring (bicyclic) bond motifs is 1. The Bertz CT molecular complexity index is 1310. The molecule has 0 saturated carbocycles. The highest BCUT2D eigenvalue weighted by atomic mass is 32.2. The Morgan fingerprint density at radius 2 is 1.83 bits per heavy atom. The summed E-state index contributed by atoms with van der Waals surface area (Å²) in [6, 6.07) is 12.2. The minimum Gasteiger partial charge on any atom is -0.478 e. The average molecular weight is 516 g/mol. The Morgan fingerprint density at radius 1 is 1.08 bits per heavy atom. The Labute approximate surface area is 208 Å². The van der Waals surface area contributed by atoms with E-state index < -0.39 is 27.6 Å². The molecule has 4 rings (SSSR count). The van der Waals surface area contributed by atoms with Crippen molar-refractivity contribution in [2.45, 2.75) is 36.1 Å². The van der Waals surface area contributed by atoms with E-state index in [1.807, 2.05) is 0 Å². The molecule has 2 aromatic carbocycles. The number of carbonyl (C=O) groups is 2. The van der Waals surface area contributed by atoms with Crippen LogP contribution in [0.25, 0.3) is 10.9 Å². The van der Waals surface area contributed by atoms with Gasteiger partial charge in [-0.05, 0) is 50.1 Å². The van der Waals surface area contributed by atoms with Gasteiger partial charge in [-0.2, -0.15) is 9.82 Å². The van der Waals surface area contributed by atoms with E-state index in [1.165, 1.54) is 36.4 Å². The Kier molecular flexibility index (Phi) is 7.96. The van der Waals surface area contributed by atoms with Gasteiger partial charge in [-0.1, -0.05) is 24.3 Å². The summed E-state index contributed by atoms with van der Waals surface area (Å²) in [6.07, 6.45) is 2.28. The number of sulfonamides is 1. The van der Waals surface area contributed by atoms with Crippen molar-refractivity contribution in [3.8, 4) is 0 Å². The topological polar surface area (TPSA) is 177 Å². The Hall–Kier alpha value is -3.36. The number of hydrogen-bond acceptors (Lipinski definition) is 8. The smallest absolute Gasteiger partial charge is 0.345 e. The number of aromatic nitrogens is 2. The fraction of sp³-hybridized carbons (Fsp3) is 0.348. The summed E-state index contributed by atoms with van der Waals surface area (Å²) in [7, 11) is -4.27. The zero-order valence-corrected chi connectivity index (χ0v) is 20.3. The number of aliphatic carboxylic acids is 1. The molecule has 1 saturated heterocycles. The number of carbonyl (C=O) groups excluding carboxylic acids is 1. The predicted octanol–water partition coefficient (Wildman–Crippen LogP) is 0.288. The Morgan fingerprint density at radius 3 is 2.56 bits per heavy atom. The highest BCUT2D eigenvalue weighted by molar-refractivity contribution is 7.89. The SMILES string of the molecule is O=C(NC(CCCCNC1NCCN1)(NS(=O)(=O)c1ccccc1)C(=O)O)c1ccc2cn[nH]c2c1. The van der Waals surface area contributed by atoms with E-state index in [0.29, 0.717) is 24.9 Å². The summed E-state index contributed by atoms with van der Waals surface area (Å²) < 4.78 is 28.5. The summed E-state index contributed by atoms with van der Waals surface area (Å²) in [6.45, 7) is 2.26. The monoisotopic (exact) mass is 515 g/mol. The fourth-order valence-electron chi connectivity index (χ4n) is 3.99. The lowest BCUT2D eigenvalue weighted by Crippen LogP contribution is -2.65. The minimum absolute atomic E-state index is 0.0251. The quantitative estimate of drug-likeness (QED) is 0.132. The maximum atomic E-state index is 13.1. The van der Waals surface area contributed by atoms with Crippen molar-refractivity contribution in [2.75, 3.05) is 19.6 Å². The van der Waals surface area contributed by atoms with Gasteiger partial charge in [-0.3, -0.25) is 25.8 Å². The highest BCUT2D eigenvalue weighted by Gasteiger charge is 2.44. The molecule has 0 spiro atoms. The average Bonchev–Trinajstić information content (AvgIpc) is 3.55. The van der Waals surface area contributed by atoms with E-state index in [0.717, 1.165) is 18.5 Å². The van der Waals surface area contributed by atoms with E-state index in [9.17, 15) is 23.1 Å². The molecule has 0 bridgehead atoms. The third-order valence-corrected chi connectivity index (χ3v) is 7.42. The number of carboxylic acid groups (broad SMARTS) is 1. The Balaban J connectivity index is 1.54. The molecule has 1 unspecified atom stereocenters. The number of nitrogens with one attached hydrogen (secondary N) is 6. The molecule has 12 nitrogen and oxygen atoms in total. The van der Waals surface area contributed by atoms with Crippen LogP contribution in [0, 0.1) is 0 Å². The summed E-state index contributed by atoms with van der Waals surface area (Å²) in [5.74, 6) is -2.24. The second kappa shape index (κ2) is 11.1. The van der Waals surface area contributed by atoms with Crippen LogP contribution in [-0.2, 0) is 14.8 Å². The fourth-order valence-corrected chi connectivity index (χ4v) is 5.32. The summed E-state index contributed by atoms with van der Waals surface area (Å²) in [4.78, 5) is 25.6. The molecule has 192 valence electrons. The van der Waals surface area contributed by atoms with E-state index >= 15 is 0 Å². The molecule has 1 atom stereocenters. The van der Waals surface area contributed by atoms with Crippen LogP contribution < -0.4 is 26.0 Å². The first-order valence-corrected chi connectivity index (χ1v) is 13.1. The van der Waals surface area contributed by atoms with Gasteiger partial charge in [0.2, 0.25) is 15.7 Å². The predicted molar refractivity (Wildman–Crippen MR) is 132 cm³/mol. The molecule has 0 radical (unpaired) electrons. The van der Waals surface area contributed by atoms with Crippen molar-refractivity contribution in [1.29, 1.82) is 0 Å². The van der Waals surface area contributed by atoms with Crippen LogP contribution in [0.4, 0.5) is 0 Å². The van der Waals surface area contributed by atoms with Crippen LogP contribution in [0.2, 0.25) is 0 Å². The summed E-state index contributed by atoms with van der Waals surface area (Å²) in [5.41, 5.74) is -1.51. The standard InChI is InChI=1S/C23H29N7O5S/c31-20(16-8-9-17-15-27-29-19(17)14-16)28-23(21(32)33,10-4-5-11-24-22-25-12-13-26-22)30-36(34,35)18-6-2-1-3-7-18/h1-3,6-9,14-15,22,24-26,30H,4-5,10-13H2,(H,27,29)(H,28,31)(H,32,33). The van der Waals surface area contributed by atoms with E-state index in [4.69, 9.17) is 0 Å². The number of H-pyrrole nitrogens is 1. The van der Waals surface area contributed by atoms with Crippen LogP contribution >= 0.6 is 0 Å². The zero-order chi connectivity index (χ0) is 25.6. The molecule has 1 amide bonds. The third-order valence-electron chi connectivity index (χ3n) is 5.91. The molecular weight excluding hydrogens is 486 g/mol. The molecule has 2 heterocycles. The number of amides is 1. The molecule has 36 heavy (non-hydrogen) atoms. The second-order valence-corrected chi connectivity index (χ2v) is 10.2. The number of aromatic amines is 1. The molecule has 1 aliphatic rings. The van der Waals surface area contributed by atoms with Crippen LogP contribution in [0.15, 0.2) is 59.6 Å². The van der Waals surface area contributed by atoms with Crippen LogP contribution in [0.3, 0.4) is 0 Å². The first-order valence-electron chi connectivity index (χ1n) is 11.6. The van der Waals surface area contributed by atoms with Crippen molar-refractivity contribution in [1.82, 2.24) is 36.2 Å². The maximum absolute atomic E-state index is 13.1. The van der Waals surface area contributed by atoms with Gasteiger partial charge in [0.1, 0.15) is 6.29 Å². The first-order chi connectivity index (χ1) is 17.3. The molecule has 0 aliphatic carbocycles. The minimum atomic E-state index is -4.27. The van der Waals surface area contributed by atoms with Gasteiger partial charge in [0.15, 0.2) is 0 Å². The lowest BCUT2D eigenvalue weighted by atomic mass is 10.0. The number of carboxylic acids is 1. The van der Waals surface area contributed by atoms with Gasteiger partial charge in [-0.15, -0.1) is 0 Å². The van der Waals surface area contributed by atoms with Crippen LogP contribution in [-0.4, -0.2) is 67.2 Å². The molecule has 1 fully saturated rings. The molecule has 13 heteroatoms. The van der Waals surface area contributed by atoms with Gasteiger partial charge in [0.05, 0.1) is 16.6 Å². The van der Waals surface area contributed by atoms with Crippen molar-refractivity contribution >= 4 is 32.8 Å². The van der Waals surface area contributed by atoms with Gasteiger partial charge in [-0.25, -0.2) is 13.2 Å². The van der Waals surface area contributed by atoms with Crippen molar-refractivity contribution in [2.24, 2.45) is 0 Å². The molecule has 1 aromatic heterocycles. The zero-order valence-electron chi connectivity index (χ0n) is 19.5. The second-order valence-electron chi connectivity index (χ2n) is 8.51. The lowest BCUT2D eigenvalue weighted by Gasteiger charge is -2.31. The third kappa shape index (κ3) is 6.06. The highest BCUT2D eigenvalue weighted by Crippen LogP contribution is 2.20. The first kappa shape index (κ1) is 25.7. The van der Waals surface area contributed by atoms with Gasteiger partial charge >= 0.3 is 5.97 Å². The van der Waals surface area contributed by atoms with Gasteiger partial charge < -0.3 is 10.4 Å².